The van der Waals surface area contributed by atoms with Gasteiger partial charge in [0.05, 0.1) is 50.7 Å². The average Bonchev–Trinajstić information content (AvgIpc) is 3.68. The van der Waals surface area contributed by atoms with Crippen molar-refractivity contribution in [2.24, 2.45) is 0 Å². The Kier molecular flexibility index (Phi) is 15.0. The quantitative estimate of drug-likeness (QED) is 0.0587. The molecular formula is C49H56N6O11. The number of carbonyl (C=O) groups is 6. The lowest BCUT2D eigenvalue weighted by atomic mass is 9.85. The number of ether oxygens (including phenoxy) is 3. The van der Waals surface area contributed by atoms with Crippen LogP contribution < -0.4 is 36.9 Å². The number of nitrogens with zero attached hydrogens (tertiary/aromatic N) is 1. The van der Waals surface area contributed by atoms with Gasteiger partial charge in [0.15, 0.2) is 5.60 Å². The highest BCUT2D eigenvalue weighted by molar-refractivity contribution is 5.96. The molecule has 0 fully saturated rings. The van der Waals surface area contributed by atoms with Crippen molar-refractivity contribution in [3.05, 3.63) is 110 Å². The highest BCUT2D eigenvalue weighted by atomic mass is 16.6. The molecule has 1 unspecified atom stereocenters. The highest BCUT2D eigenvalue weighted by Crippen LogP contribution is 2.42. The van der Waals surface area contributed by atoms with Crippen LogP contribution in [0.1, 0.15) is 80.2 Å². The smallest absolute Gasteiger partial charge is 0.343 e. The standard InChI is InChI=1S/C49H56N6O11/c1-4-49(63)39-21-41-35-19-31-15-16-32(64-3)20-34(31)36(37(35)26-55(41)47(61)38(39)27-66-48(49)62)22-50-43(57)24-53-46(60)40(18-30-12-8-6-9-13-30)54-44(58)25-51-42(56)23-52-45(59)28-65-33-14-10-5-7-11-29(2)17-33/h6,8-9,12-13,15-17,19-21,33,40,63H,4-5,7,10-11,14,18,22-28H2,1-3H3,(H,50,57)(H,51,56)(H,52,59)(H,53,60)(H,54,58)/b29-17-/t33?,40-,49-/m0/s1. The number of hydrogen-bond donors (Lipinski definition) is 6. The van der Waals surface area contributed by atoms with E-state index in [-0.39, 0.29) is 62.9 Å². The lowest BCUT2D eigenvalue weighted by Crippen LogP contribution is -2.52. The molecule has 1 aliphatic carbocycles. The van der Waals surface area contributed by atoms with Crippen LogP contribution in [0, 0.1) is 0 Å². The van der Waals surface area contributed by atoms with Gasteiger partial charge in [-0.05, 0) is 84.3 Å². The van der Waals surface area contributed by atoms with E-state index in [2.05, 4.69) is 26.6 Å². The van der Waals surface area contributed by atoms with Crippen molar-refractivity contribution in [3.8, 4) is 17.0 Å². The number of pyridine rings is 1. The first-order chi connectivity index (χ1) is 31.8. The van der Waals surface area contributed by atoms with E-state index in [9.17, 15) is 38.7 Å². The third-order valence-corrected chi connectivity index (χ3v) is 12.4. The summed E-state index contributed by atoms with van der Waals surface area (Å²) in [6.07, 6.45) is 7.05. The number of amides is 5. The summed E-state index contributed by atoms with van der Waals surface area (Å²) in [5, 5.41) is 26.0. The number of nitrogens with one attached hydrogen (secondary N) is 5. The fourth-order valence-electron chi connectivity index (χ4n) is 8.71. The van der Waals surface area contributed by atoms with Gasteiger partial charge in [-0.3, -0.25) is 28.8 Å². The van der Waals surface area contributed by atoms with Crippen molar-refractivity contribution >= 4 is 46.3 Å². The predicted octanol–water partition coefficient (Wildman–Crippen LogP) is 2.68. The van der Waals surface area contributed by atoms with Crippen molar-refractivity contribution in [2.75, 3.05) is 33.4 Å². The first kappa shape index (κ1) is 47.1. The number of benzene rings is 3. The van der Waals surface area contributed by atoms with Gasteiger partial charge in [0.25, 0.3) is 5.56 Å². The molecule has 0 bridgehead atoms. The van der Waals surface area contributed by atoms with Gasteiger partial charge in [-0.1, -0.05) is 67.8 Å². The molecule has 3 aromatic carbocycles. The second kappa shape index (κ2) is 21.0. The maximum atomic E-state index is 13.9. The maximum absolute atomic E-state index is 13.9. The molecule has 348 valence electrons. The molecule has 6 N–H and O–H groups in total. The Hall–Kier alpha value is -6.85. The number of esters is 1. The number of hydrogen-bond acceptors (Lipinski definition) is 11. The first-order valence-corrected chi connectivity index (χ1v) is 22.3. The molecule has 4 aromatic rings. The number of aliphatic hydroxyl groups is 1. The van der Waals surface area contributed by atoms with Gasteiger partial charge in [-0.2, -0.15) is 0 Å². The minimum Gasteiger partial charge on any atom is -0.497 e. The van der Waals surface area contributed by atoms with Crippen LogP contribution in [0.5, 0.6) is 5.75 Å². The number of cyclic esters (lactones) is 1. The summed E-state index contributed by atoms with van der Waals surface area (Å²) >= 11 is 0. The molecule has 0 saturated heterocycles. The summed E-state index contributed by atoms with van der Waals surface area (Å²) in [5.41, 5.74) is 2.66. The second-order valence-corrected chi connectivity index (χ2v) is 16.9. The number of carbonyl (C=O) groups excluding carboxylic acids is 6. The van der Waals surface area contributed by atoms with E-state index in [1.54, 1.807) is 47.9 Å². The predicted molar refractivity (Wildman–Crippen MR) is 243 cm³/mol. The number of aromatic nitrogens is 1. The number of rotatable bonds is 17. The molecule has 7 rings (SSSR count). The first-order valence-electron chi connectivity index (χ1n) is 22.3. The Bertz CT molecular complexity index is 2630. The zero-order valence-corrected chi connectivity index (χ0v) is 37.4. The van der Waals surface area contributed by atoms with Gasteiger partial charge in [0.2, 0.25) is 29.5 Å². The summed E-state index contributed by atoms with van der Waals surface area (Å²) in [6, 6.07) is 16.9. The summed E-state index contributed by atoms with van der Waals surface area (Å²) in [6.45, 7) is 2.08. The third kappa shape index (κ3) is 10.8. The van der Waals surface area contributed by atoms with Crippen molar-refractivity contribution in [1.82, 2.24) is 31.2 Å². The summed E-state index contributed by atoms with van der Waals surface area (Å²) in [7, 11) is 1.54. The minimum atomic E-state index is -1.98. The number of allylic oxidation sites excluding steroid dienone is 1. The molecule has 3 atom stereocenters. The van der Waals surface area contributed by atoms with Gasteiger partial charge in [-0.15, -0.1) is 0 Å². The van der Waals surface area contributed by atoms with Gasteiger partial charge in [-0.25, -0.2) is 4.79 Å². The average molecular weight is 905 g/mol. The number of methoxy groups -OCH3 is 1. The molecule has 0 radical (unpaired) electrons. The lowest BCUT2D eigenvalue weighted by molar-refractivity contribution is -0.172. The Balaban J connectivity index is 0.975. The Labute approximate surface area is 381 Å². The highest BCUT2D eigenvalue weighted by Gasteiger charge is 2.45. The van der Waals surface area contributed by atoms with Crippen LogP contribution >= 0.6 is 0 Å². The fraction of sp³-hybridized carbons (Fsp3) is 0.408. The summed E-state index contributed by atoms with van der Waals surface area (Å²) in [4.78, 5) is 91.7. The zero-order chi connectivity index (χ0) is 47.0. The monoisotopic (exact) mass is 904 g/mol. The van der Waals surface area contributed by atoms with Gasteiger partial charge in [0.1, 0.15) is 25.0 Å². The molecule has 1 aromatic heterocycles. The topological polar surface area (TPSA) is 232 Å². The van der Waals surface area contributed by atoms with Crippen LogP contribution in [0.2, 0.25) is 0 Å². The normalized spacial score (nSPS) is 18.7. The van der Waals surface area contributed by atoms with Crippen LogP contribution in [0.25, 0.3) is 22.0 Å². The van der Waals surface area contributed by atoms with Gasteiger partial charge < -0.3 is 50.5 Å². The Morgan fingerprint density at radius 3 is 2.39 bits per heavy atom. The van der Waals surface area contributed by atoms with Gasteiger partial charge >= 0.3 is 5.97 Å². The van der Waals surface area contributed by atoms with E-state index in [4.69, 9.17) is 14.2 Å². The molecule has 17 nitrogen and oxygen atoms in total. The Morgan fingerprint density at radius 2 is 1.62 bits per heavy atom. The molecule has 5 amide bonds. The SMILES string of the molecule is CC[C@@]1(O)C(=O)OCc2c1cc1n(c2=O)Cc2c-1cc1ccc(OC)cc1c2CNC(=O)CNC(=O)[C@H](Cc1ccccc1)NC(=O)CNC(=O)CNC(=O)COC1/C=C(/C)CCCCC1. The lowest BCUT2D eigenvalue weighted by Gasteiger charge is -2.31. The Morgan fingerprint density at radius 1 is 0.879 bits per heavy atom. The summed E-state index contributed by atoms with van der Waals surface area (Å²) in [5.74, 6) is -3.15. The number of fused-ring (bicyclic) bond motifs is 5. The second-order valence-electron chi connectivity index (χ2n) is 16.9. The molecule has 17 heteroatoms. The van der Waals surface area contributed by atoms with Crippen molar-refractivity contribution < 1.29 is 48.1 Å². The van der Waals surface area contributed by atoms with Crippen molar-refractivity contribution in [2.45, 2.75) is 96.2 Å². The van der Waals surface area contributed by atoms with E-state index in [0.29, 0.717) is 22.6 Å². The summed E-state index contributed by atoms with van der Waals surface area (Å²) < 4.78 is 18.1. The van der Waals surface area contributed by atoms with Crippen LogP contribution in [-0.4, -0.2) is 90.7 Å². The molecule has 2 aliphatic heterocycles. The van der Waals surface area contributed by atoms with E-state index in [1.165, 1.54) is 12.7 Å². The fourth-order valence-corrected chi connectivity index (χ4v) is 8.71. The van der Waals surface area contributed by atoms with E-state index in [1.807, 2.05) is 37.3 Å². The van der Waals surface area contributed by atoms with Crippen molar-refractivity contribution in [3.63, 3.8) is 0 Å². The molecular weight excluding hydrogens is 849 g/mol. The minimum absolute atomic E-state index is 0.000587. The molecule has 66 heavy (non-hydrogen) atoms. The molecule has 3 heterocycles. The van der Waals surface area contributed by atoms with E-state index in [0.717, 1.165) is 54.0 Å². The van der Waals surface area contributed by atoms with Crippen LogP contribution in [0.15, 0.2) is 77.1 Å². The van der Waals surface area contributed by atoms with E-state index >= 15 is 0 Å². The van der Waals surface area contributed by atoms with Crippen LogP contribution in [-0.2, 0) is 70.0 Å². The van der Waals surface area contributed by atoms with Crippen LogP contribution in [0.4, 0.5) is 0 Å². The van der Waals surface area contributed by atoms with Crippen molar-refractivity contribution in [1.29, 1.82) is 0 Å². The zero-order valence-electron chi connectivity index (χ0n) is 37.4. The molecule has 3 aliphatic rings. The largest absolute Gasteiger partial charge is 0.497 e. The van der Waals surface area contributed by atoms with Gasteiger partial charge in [0, 0.05) is 24.1 Å². The maximum Gasteiger partial charge on any atom is 0.343 e. The van der Waals surface area contributed by atoms with Crippen LogP contribution in [0.3, 0.4) is 0 Å². The molecule has 0 saturated carbocycles. The third-order valence-electron chi connectivity index (χ3n) is 12.4. The van der Waals surface area contributed by atoms with E-state index < -0.39 is 65.8 Å². The molecule has 0 spiro atoms.